The van der Waals surface area contributed by atoms with Crippen molar-refractivity contribution in [1.82, 2.24) is 10.3 Å². The minimum absolute atomic E-state index is 0.361. The second-order valence-corrected chi connectivity index (χ2v) is 5.60. The Bertz CT molecular complexity index is 361. The molecule has 1 heterocycles. The summed E-state index contributed by atoms with van der Waals surface area (Å²) < 4.78 is 0. The second kappa shape index (κ2) is 6.74. The molecule has 0 aliphatic carbocycles. The van der Waals surface area contributed by atoms with Crippen molar-refractivity contribution in [2.24, 2.45) is 5.92 Å². The molecule has 0 spiro atoms. The van der Waals surface area contributed by atoms with Gasteiger partial charge in [-0.05, 0) is 51.4 Å². The summed E-state index contributed by atoms with van der Waals surface area (Å²) >= 11 is 0. The summed E-state index contributed by atoms with van der Waals surface area (Å²) in [5.41, 5.74) is 1.29. The predicted molar refractivity (Wildman–Crippen MR) is 79.0 cm³/mol. The van der Waals surface area contributed by atoms with E-state index >= 15 is 0 Å². The third-order valence-corrected chi connectivity index (χ3v) is 3.18. The molecular weight excluding hydrogens is 222 g/mol. The topological polar surface area (TPSA) is 28.2 Å². The van der Waals surface area contributed by atoms with Crippen LogP contribution in [-0.2, 0) is 0 Å². The van der Waals surface area contributed by atoms with Crippen LogP contribution in [0.2, 0.25) is 0 Å². The van der Waals surface area contributed by atoms with E-state index in [0.717, 1.165) is 12.4 Å². The van der Waals surface area contributed by atoms with Gasteiger partial charge >= 0.3 is 0 Å². The van der Waals surface area contributed by atoms with Crippen molar-refractivity contribution in [2.45, 2.75) is 46.7 Å². The van der Waals surface area contributed by atoms with Crippen LogP contribution in [0.4, 0.5) is 5.82 Å². The summed E-state index contributed by atoms with van der Waals surface area (Å²) in [6.45, 7) is 12.1. The molecule has 3 nitrogen and oxygen atoms in total. The lowest BCUT2D eigenvalue weighted by molar-refractivity contribution is 0.565. The van der Waals surface area contributed by atoms with Crippen molar-refractivity contribution in [2.75, 3.05) is 18.5 Å². The standard InChI is InChI=1S/C15H27N3/c1-11(2)10-18(12(3)4)15-9-14(7-8-17-15)13(5)16-6/h7-9,11-13,16H,10H2,1-6H3. The minimum Gasteiger partial charge on any atom is -0.354 e. The normalized spacial score (nSPS) is 13.1. The Kier molecular flexibility index (Phi) is 5.60. The van der Waals surface area contributed by atoms with Crippen molar-refractivity contribution in [3.05, 3.63) is 23.9 Å². The van der Waals surface area contributed by atoms with Crippen LogP contribution in [0.3, 0.4) is 0 Å². The van der Waals surface area contributed by atoms with Crippen LogP contribution in [0, 0.1) is 5.92 Å². The summed E-state index contributed by atoms with van der Waals surface area (Å²) in [5, 5.41) is 3.27. The molecule has 3 heteroatoms. The zero-order valence-electron chi connectivity index (χ0n) is 12.6. The molecule has 0 saturated heterocycles. The lowest BCUT2D eigenvalue weighted by Crippen LogP contribution is -2.35. The molecule has 102 valence electrons. The maximum atomic E-state index is 4.53. The van der Waals surface area contributed by atoms with Crippen LogP contribution in [0.1, 0.15) is 46.2 Å². The summed E-state index contributed by atoms with van der Waals surface area (Å²) in [6.07, 6.45) is 1.91. The Morgan fingerprint density at radius 3 is 2.39 bits per heavy atom. The van der Waals surface area contributed by atoms with E-state index in [1.807, 2.05) is 13.2 Å². The number of rotatable bonds is 6. The number of nitrogens with one attached hydrogen (secondary N) is 1. The quantitative estimate of drug-likeness (QED) is 0.839. The SMILES string of the molecule is CNC(C)c1ccnc(N(CC(C)C)C(C)C)c1. The molecule has 0 radical (unpaired) electrons. The van der Waals surface area contributed by atoms with E-state index in [1.54, 1.807) is 0 Å². The van der Waals surface area contributed by atoms with Gasteiger partial charge in [-0.3, -0.25) is 0 Å². The highest BCUT2D eigenvalue weighted by atomic mass is 15.2. The molecule has 0 aromatic carbocycles. The highest BCUT2D eigenvalue weighted by molar-refractivity contribution is 5.42. The Morgan fingerprint density at radius 1 is 1.22 bits per heavy atom. The van der Waals surface area contributed by atoms with Crippen molar-refractivity contribution in [1.29, 1.82) is 0 Å². The Labute approximate surface area is 112 Å². The van der Waals surface area contributed by atoms with Gasteiger partial charge in [-0.15, -0.1) is 0 Å². The van der Waals surface area contributed by atoms with Crippen molar-refractivity contribution < 1.29 is 0 Å². The molecule has 0 bridgehead atoms. The third kappa shape index (κ3) is 3.98. The maximum absolute atomic E-state index is 4.53. The Hall–Kier alpha value is -1.09. The first-order chi connectivity index (χ1) is 8.45. The molecule has 0 fully saturated rings. The molecule has 0 saturated carbocycles. The second-order valence-electron chi connectivity index (χ2n) is 5.60. The first-order valence-electron chi connectivity index (χ1n) is 6.85. The van der Waals surface area contributed by atoms with E-state index in [2.05, 4.69) is 62.0 Å². The average molecular weight is 249 g/mol. The van der Waals surface area contributed by atoms with E-state index in [-0.39, 0.29) is 0 Å². The fraction of sp³-hybridized carbons (Fsp3) is 0.667. The van der Waals surface area contributed by atoms with Crippen LogP contribution in [0.25, 0.3) is 0 Å². The zero-order chi connectivity index (χ0) is 13.7. The molecule has 1 aromatic rings. The van der Waals surface area contributed by atoms with Crippen molar-refractivity contribution in [3.63, 3.8) is 0 Å². The number of hydrogen-bond donors (Lipinski definition) is 1. The van der Waals surface area contributed by atoms with Crippen molar-refractivity contribution in [3.8, 4) is 0 Å². The monoisotopic (exact) mass is 249 g/mol. The molecule has 0 amide bonds. The van der Waals surface area contributed by atoms with Crippen LogP contribution < -0.4 is 10.2 Å². The Morgan fingerprint density at radius 2 is 1.89 bits per heavy atom. The van der Waals surface area contributed by atoms with Crippen LogP contribution >= 0.6 is 0 Å². The van der Waals surface area contributed by atoms with Gasteiger partial charge in [0.15, 0.2) is 0 Å². The van der Waals surface area contributed by atoms with Gasteiger partial charge in [-0.1, -0.05) is 13.8 Å². The van der Waals surface area contributed by atoms with Crippen LogP contribution in [0.15, 0.2) is 18.3 Å². The van der Waals surface area contributed by atoms with E-state index in [9.17, 15) is 0 Å². The smallest absolute Gasteiger partial charge is 0.129 e. The highest BCUT2D eigenvalue weighted by Crippen LogP contribution is 2.20. The van der Waals surface area contributed by atoms with Gasteiger partial charge in [0.2, 0.25) is 0 Å². The van der Waals surface area contributed by atoms with Crippen LogP contribution in [-0.4, -0.2) is 24.6 Å². The fourth-order valence-electron chi connectivity index (χ4n) is 1.99. The van der Waals surface area contributed by atoms with E-state index in [4.69, 9.17) is 0 Å². The van der Waals surface area contributed by atoms with E-state index in [0.29, 0.717) is 18.0 Å². The van der Waals surface area contributed by atoms with Gasteiger partial charge in [0, 0.05) is 24.8 Å². The first kappa shape index (κ1) is 15.0. The predicted octanol–water partition coefficient (Wildman–Crippen LogP) is 3.23. The Balaban J connectivity index is 2.98. The van der Waals surface area contributed by atoms with E-state index < -0.39 is 0 Å². The molecule has 1 N–H and O–H groups in total. The molecule has 18 heavy (non-hydrogen) atoms. The molecular formula is C15H27N3. The third-order valence-electron chi connectivity index (χ3n) is 3.18. The molecule has 0 aliphatic heterocycles. The molecule has 1 unspecified atom stereocenters. The molecule has 1 rings (SSSR count). The van der Waals surface area contributed by atoms with Gasteiger partial charge in [0.05, 0.1) is 0 Å². The van der Waals surface area contributed by atoms with Gasteiger partial charge in [-0.25, -0.2) is 4.98 Å². The van der Waals surface area contributed by atoms with Crippen molar-refractivity contribution >= 4 is 5.82 Å². The lowest BCUT2D eigenvalue weighted by Gasteiger charge is -2.30. The first-order valence-corrected chi connectivity index (χ1v) is 6.85. The van der Waals surface area contributed by atoms with E-state index in [1.165, 1.54) is 5.56 Å². The van der Waals surface area contributed by atoms with Gasteiger partial charge in [0.25, 0.3) is 0 Å². The molecule has 1 atom stereocenters. The summed E-state index contributed by atoms with van der Waals surface area (Å²) in [4.78, 5) is 6.90. The number of hydrogen-bond acceptors (Lipinski definition) is 3. The highest BCUT2D eigenvalue weighted by Gasteiger charge is 2.14. The number of anilines is 1. The minimum atomic E-state index is 0.361. The van der Waals surface area contributed by atoms with Gasteiger partial charge < -0.3 is 10.2 Å². The van der Waals surface area contributed by atoms with Crippen LogP contribution in [0.5, 0.6) is 0 Å². The zero-order valence-corrected chi connectivity index (χ0v) is 12.6. The largest absolute Gasteiger partial charge is 0.354 e. The lowest BCUT2D eigenvalue weighted by atomic mass is 10.1. The fourth-order valence-corrected chi connectivity index (χ4v) is 1.99. The average Bonchev–Trinajstić information content (AvgIpc) is 2.34. The number of pyridine rings is 1. The van der Waals surface area contributed by atoms with Gasteiger partial charge in [0.1, 0.15) is 5.82 Å². The maximum Gasteiger partial charge on any atom is 0.129 e. The summed E-state index contributed by atoms with van der Waals surface area (Å²) in [6, 6.07) is 5.11. The molecule has 0 aliphatic rings. The van der Waals surface area contributed by atoms with Gasteiger partial charge in [-0.2, -0.15) is 0 Å². The summed E-state index contributed by atoms with van der Waals surface area (Å²) in [7, 11) is 1.99. The molecule has 1 aromatic heterocycles. The number of aromatic nitrogens is 1. The summed E-state index contributed by atoms with van der Waals surface area (Å²) in [5.74, 6) is 1.72. The number of nitrogens with zero attached hydrogens (tertiary/aromatic N) is 2.